The molecule has 4 nitrogen and oxygen atoms in total. The van der Waals surface area contributed by atoms with Crippen LogP contribution in [-0.2, 0) is 8.63 Å². The number of aliphatic hydroxyl groups is 1. The number of rotatable bonds is 2. The van der Waals surface area contributed by atoms with Crippen LogP contribution in [0.1, 0.15) is 27.7 Å². The van der Waals surface area contributed by atoms with Gasteiger partial charge in [0.1, 0.15) is 0 Å². The van der Waals surface area contributed by atoms with Crippen molar-refractivity contribution in [1.82, 2.24) is 5.32 Å². The van der Waals surface area contributed by atoms with Crippen LogP contribution < -0.4 is 5.32 Å². The fraction of sp³-hybridized carbons (Fsp3) is 0.727. The summed E-state index contributed by atoms with van der Waals surface area (Å²) in [5, 5.41) is 13.0. The van der Waals surface area contributed by atoms with Crippen LogP contribution in [0.4, 0.5) is 0 Å². The second-order valence-corrected chi connectivity index (χ2v) is 8.73. The van der Waals surface area contributed by atoms with Gasteiger partial charge in [-0.05, 0) is 0 Å². The Labute approximate surface area is 99.2 Å². The first-order valence-electron chi connectivity index (χ1n) is 5.43. The molecule has 0 aromatic heterocycles. The first-order chi connectivity index (χ1) is 7.35. The molecule has 0 aromatic carbocycles. The van der Waals surface area contributed by atoms with Crippen molar-refractivity contribution in [3.05, 3.63) is 10.0 Å². The van der Waals surface area contributed by atoms with Gasteiger partial charge in [0.2, 0.25) is 0 Å². The Morgan fingerprint density at radius 2 is 2.00 bits per heavy atom. The average Bonchev–Trinajstić information content (AvgIpc) is 2.36. The molecule has 0 spiro atoms. The van der Waals surface area contributed by atoms with Gasteiger partial charge < -0.3 is 0 Å². The van der Waals surface area contributed by atoms with E-state index in [1.165, 1.54) is 0 Å². The molecule has 16 heavy (non-hydrogen) atoms. The monoisotopic (exact) mass is 291 g/mol. The molecule has 2 N–H and O–H groups in total. The number of aliphatic hydroxyl groups excluding tert-OH is 1. The fourth-order valence-electron chi connectivity index (χ4n) is 2.54. The average molecular weight is 290 g/mol. The van der Waals surface area contributed by atoms with E-state index in [2.05, 4.69) is 5.32 Å². The molecule has 2 rings (SSSR count). The molecule has 2 aliphatic heterocycles. The number of hydrogen-bond donors (Lipinski definition) is 2. The molecule has 1 fully saturated rings. The number of allylic oxidation sites excluding steroid dienone is 1. The number of β-lactam (4-membered cyclic amide) rings is 1. The van der Waals surface area contributed by atoms with Gasteiger partial charge in [-0.1, -0.05) is 0 Å². The van der Waals surface area contributed by atoms with Crippen molar-refractivity contribution in [2.24, 2.45) is 5.92 Å². The Balaban J connectivity index is 2.48. The standard InChI is InChI=1S/C11H17NO3Se/c1-5(2)9(13)11-8(12-10(11)14)6(3)7(4)16(11)15/h5,8-9,13H,1-4H3,(H,12,14)/t8-,9-,11-,16?/m0/s1. The second-order valence-electron chi connectivity index (χ2n) is 4.90. The summed E-state index contributed by atoms with van der Waals surface area (Å²) in [4.78, 5) is 11.8. The summed E-state index contributed by atoms with van der Waals surface area (Å²) in [5.41, 5.74) is 0.972. The Hall–Kier alpha value is -0.511. The van der Waals surface area contributed by atoms with Crippen molar-refractivity contribution >= 4 is 19.7 Å². The molecular weight excluding hydrogens is 273 g/mol. The van der Waals surface area contributed by atoms with E-state index in [9.17, 15) is 13.7 Å². The van der Waals surface area contributed by atoms with E-state index >= 15 is 0 Å². The molecule has 0 radical (unpaired) electrons. The van der Waals surface area contributed by atoms with Crippen LogP contribution in [0, 0.1) is 5.92 Å². The molecule has 2 heterocycles. The van der Waals surface area contributed by atoms with Gasteiger partial charge in [0, 0.05) is 0 Å². The Morgan fingerprint density at radius 3 is 2.38 bits per heavy atom. The quantitative estimate of drug-likeness (QED) is 0.576. The maximum atomic E-state index is 12.4. The van der Waals surface area contributed by atoms with Crippen LogP contribution in [0.2, 0.25) is 4.31 Å². The topological polar surface area (TPSA) is 66.4 Å². The van der Waals surface area contributed by atoms with Gasteiger partial charge in [0.05, 0.1) is 0 Å². The van der Waals surface area contributed by atoms with E-state index < -0.39 is 24.3 Å². The first-order valence-corrected chi connectivity index (χ1v) is 7.84. The molecule has 0 aromatic rings. The van der Waals surface area contributed by atoms with Gasteiger partial charge in [0.25, 0.3) is 0 Å². The molecule has 0 saturated carbocycles. The number of hydrogen-bond acceptors (Lipinski definition) is 3. The van der Waals surface area contributed by atoms with Crippen molar-refractivity contribution < 1.29 is 13.7 Å². The summed E-state index contributed by atoms with van der Waals surface area (Å²) in [6.07, 6.45) is -0.818. The van der Waals surface area contributed by atoms with Crippen LogP contribution in [0.25, 0.3) is 0 Å². The van der Waals surface area contributed by atoms with E-state index in [1.54, 1.807) is 0 Å². The third-order valence-corrected chi connectivity index (χ3v) is 8.22. The maximum absolute atomic E-state index is 12.4. The van der Waals surface area contributed by atoms with E-state index in [4.69, 9.17) is 0 Å². The summed E-state index contributed by atoms with van der Waals surface area (Å²) < 4.78 is 12.2. The number of amides is 1. The normalized spacial score (nSPS) is 39.5. The molecular formula is C11H17NO3Se. The van der Waals surface area contributed by atoms with Gasteiger partial charge in [-0.2, -0.15) is 0 Å². The zero-order valence-electron chi connectivity index (χ0n) is 9.90. The third kappa shape index (κ3) is 1.11. The summed E-state index contributed by atoms with van der Waals surface area (Å²) >= 11 is -2.46. The van der Waals surface area contributed by atoms with Crippen LogP contribution in [0.15, 0.2) is 10.0 Å². The molecule has 1 amide bonds. The van der Waals surface area contributed by atoms with Crippen LogP contribution in [0.3, 0.4) is 0 Å². The number of carbonyl (C=O) groups excluding carboxylic acids is 1. The minimum absolute atomic E-state index is 0.0625. The number of carbonyl (C=O) groups is 1. The predicted octanol–water partition coefficient (Wildman–Crippen LogP) is 0.553. The van der Waals surface area contributed by atoms with Gasteiger partial charge in [-0.3, -0.25) is 0 Å². The van der Waals surface area contributed by atoms with E-state index in [-0.39, 0.29) is 17.9 Å². The Bertz CT molecular complexity index is 415. The van der Waals surface area contributed by atoms with E-state index in [0.717, 1.165) is 10.0 Å². The summed E-state index contributed by atoms with van der Waals surface area (Å²) in [6, 6.07) is -0.208. The summed E-state index contributed by atoms with van der Waals surface area (Å²) in [7, 11) is 0. The van der Waals surface area contributed by atoms with E-state index in [1.807, 2.05) is 27.7 Å². The van der Waals surface area contributed by atoms with Crippen molar-refractivity contribution in [3.8, 4) is 0 Å². The second kappa shape index (κ2) is 3.49. The molecule has 0 aliphatic carbocycles. The molecule has 1 saturated heterocycles. The summed E-state index contributed by atoms with van der Waals surface area (Å²) in [5.74, 6) is -0.303. The fourth-order valence-corrected chi connectivity index (χ4v) is 6.91. The third-order valence-electron chi connectivity index (χ3n) is 3.70. The minimum atomic E-state index is -2.46. The van der Waals surface area contributed by atoms with Gasteiger partial charge in [-0.25, -0.2) is 0 Å². The zero-order chi connectivity index (χ0) is 12.2. The van der Waals surface area contributed by atoms with Crippen LogP contribution >= 0.6 is 0 Å². The molecule has 2 aliphatic rings. The molecule has 0 bridgehead atoms. The van der Waals surface area contributed by atoms with E-state index in [0.29, 0.717) is 0 Å². The summed E-state index contributed by atoms with van der Waals surface area (Å²) in [6.45, 7) is 7.41. The van der Waals surface area contributed by atoms with Crippen molar-refractivity contribution in [1.29, 1.82) is 0 Å². The molecule has 1 unspecified atom stereocenters. The Kier molecular flexibility index (Phi) is 2.61. The van der Waals surface area contributed by atoms with Crippen molar-refractivity contribution in [3.63, 3.8) is 0 Å². The van der Waals surface area contributed by atoms with Gasteiger partial charge in [-0.15, -0.1) is 0 Å². The SMILES string of the molecule is CC1=C(C)[Se](=O)[C@@]2([C@@H](O)C(C)C)C(=O)N[C@@H]12. The van der Waals surface area contributed by atoms with Crippen molar-refractivity contribution in [2.45, 2.75) is 44.2 Å². The van der Waals surface area contributed by atoms with Crippen LogP contribution in [-0.4, -0.2) is 37.0 Å². The predicted molar refractivity (Wildman–Crippen MR) is 60.3 cm³/mol. The zero-order valence-corrected chi connectivity index (χ0v) is 11.6. The van der Waals surface area contributed by atoms with Gasteiger partial charge in [0.15, 0.2) is 0 Å². The number of nitrogens with one attached hydrogen (secondary N) is 1. The van der Waals surface area contributed by atoms with Crippen LogP contribution in [0.5, 0.6) is 0 Å². The van der Waals surface area contributed by atoms with Gasteiger partial charge >= 0.3 is 98.9 Å². The Morgan fingerprint density at radius 1 is 1.44 bits per heavy atom. The molecule has 90 valence electrons. The first kappa shape index (κ1) is 12.0. The molecule has 5 heteroatoms. The van der Waals surface area contributed by atoms with Crippen molar-refractivity contribution in [2.75, 3.05) is 0 Å². The molecule has 4 atom stereocenters. The number of fused-ring (bicyclic) bond motifs is 1.